The Kier molecular flexibility index (Phi) is 12.0. The Morgan fingerprint density at radius 1 is 1.18 bits per heavy atom. The van der Waals surface area contributed by atoms with Crippen molar-refractivity contribution in [3.8, 4) is 0 Å². The van der Waals surface area contributed by atoms with E-state index in [1.165, 1.54) is 5.57 Å². The number of nitrogens with zero attached hydrogens (tertiary/aromatic N) is 2. The van der Waals surface area contributed by atoms with E-state index in [0.29, 0.717) is 28.4 Å². The highest BCUT2D eigenvalue weighted by molar-refractivity contribution is 5.95. The van der Waals surface area contributed by atoms with Gasteiger partial charge in [-0.1, -0.05) is 63.1 Å². The molecule has 2 heterocycles. The molecule has 1 aliphatic heterocycles. The number of anilines is 1. The van der Waals surface area contributed by atoms with Crippen LogP contribution >= 0.6 is 0 Å². The summed E-state index contributed by atoms with van der Waals surface area (Å²) in [5.41, 5.74) is 5.01. The minimum absolute atomic E-state index is 0.197. The molecule has 0 saturated heterocycles. The first-order chi connectivity index (χ1) is 18.2. The number of hydrogen-bond acceptors (Lipinski definition) is 4. The number of carbonyl (C=O) groups is 1. The number of allylic oxidation sites excluding steroid dienone is 10. The molecular weight excluding hydrogens is 470 g/mol. The lowest BCUT2D eigenvalue weighted by Crippen LogP contribution is -2.26. The van der Waals surface area contributed by atoms with Crippen LogP contribution in [0.15, 0.2) is 127 Å². The van der Waals surface area contributed by atoms with Gasteiger partial charge in [0.15, 0.2) is 0 Å². The van der Waals surface area contributed by atoms with Crippen LogP contribution < -0.4 is 10.2 Å². The normalized spacial score (nSPS) is 15.3. The second kappa shape index (κ2) is 15.2. The Morgan fingerprint density at radius 2 is 1.95 bits per heavy atom. The van der Waals surface area contributed by atoms with E-state index < -0.39 is 0 Å². The van der Waals surface area contributed by atoms with E-state index in [4.69, 9.17) is 4.74 Å². The second-order valence-corrected chi connectivity index (χ2v) is 9.07. The zero-order valence-corrected chi connectivity index (χ0v) is 23.3. The fourth-order valence-electron chi connectivity index (χ4n) is 4.01. The molecule has 1 aliphatic rings. The Labute approximate surface area is 228 Å². The lowest BCUT2D eigenvalue weighted by molar-refractivity contribution is 0.0966. The summed E-state index contributed by atoms with van der Waals surface area (Å²) in [4.78, 5) is 19.9. The summed E-state index contributed by atoms with van der Waals surface area (Å²) in [6.45, 7) is 25.1. The summed E-state index contributed by atoms with van der Waals surface area (Å²) in [7, 11) is 0. The summed E-state index contributed by atoms with van der Waals surface area (Å²) in [6.07, 6.45) is 17.9. The lowest BCUT2D eigenvalue weighted by Gasteiger charge is -2.22. The maximum atomic E-state index is 13.1. The maximum absolute atomic E-state index is 13.1. The Morgan fingerprint density at radius 3 is 2.58 bits per heavy atom. The van der Waals surface area contributed by atoms with Gasteiger partial charge in [0.2, 0.25) is 0 Å². The molecule has 0 unspecified atom stereocenters. The smallest absolute Gasteiger partial charge is 0.255 e. The van der Waals surface area contributed by atoms with E-state index in [0.717, 1.165) is 49.3 Å². The van der Waals surface area contributed by atoms with Crippen LogP contribution in [0.5, 0.6) is 0 Å². The zero-order chi connectivity index (χ0) is 28.1. The van der Waals surface area contributed by atoms with Gasteiger partial charge < -0.3 is 15.0 Å². The van der Waals surface area contributed by atoms with Crippen molar-refractivity contribution >= 4 is 11.7 Å². The molecule has 0 aromatic carbocycles. The SMILES string of the molecule is C=C/C=C(OC(=C)C)/C(/C=C(/C=C(\C)NC(=O)c1ccnc(N2CCC=C(CC)CC2)c1)C(=C)C=C)=C/C. The van der Waals surface area contributed by atoms with Gasteiger partial charge in [-0.05, 0) is 81.5 Å². The van der Waals surface area contributed by atoms with E-state index in [-0.39, 0.29) is 5.91 Å². The number of carbonyl (C=O) groups excluding carboxylic acids is 1. The summed E-state index contributed by atoms with van der Waals surface area (Å²) in [5, 5.41) is 3.00. The number of nitrogens with one attached hydrogen (secondary N) is 1. The molecule has 1 aromatic heterocycles. The minimum atomic E-state index is -0.197. The summed E-state index contributed by atoms with van der Waals surface area (Å²) < 4.78 is 5.79. The quantitative estimate of drug-likeness (QED) is 0.176. The fraction of sp³-hybridized carbons (Fsp3) is 0.273. The highest BCUT2D eigenvalue weighted by atomic mass is 16.5. The summed E-state index contributed by atoms with van der Waals surface area (Å²) >= 11 is 0. The largest absolute Gasteiger partial charge is 0.462 e. The van der Waals surface area contributed by atoms with Gasteiger partial charge in [0.25, 0.3) is 5.91 Å². The van der Waals surface area contributed by atoms with Crippen LogP contribution in [0.25, 0.3) is 0 Å². The Bertz CT molecular complexity index is 1220. The van der Waals surface area contributed by atoms with Crippen LogP contribution in [0, 0.1) is 0 Å². The number of pyridine rings is 1. The number of rotatable bonds is 12. The molecule has 0 bridgehead atoms. The molecule has 0 fully saturated rings. The first kappa shape index (κ1) is 30.1. The summed E-state index contributed by atoms with van der Waals surface area (Å²) in [6, 6.07) is 3.59. The summed E-state index contributed by atoms with van der Waals surface area (Å²) in [5.74, 6) is 1.80. The second-order valence-electron chi connectivity index (χ2n) is 9.07. The van der Waals surface area contributed by atoms with Crippen molar-refractivity contribution < 1.29 is 9.53 Å². The van der Waals surface area contributed by atoms with Crippen molar-refractivity contribution in [3.05, 3.63) is 132 Å². The van der Waals surface area contributed by atoms with Crippen LogP contribution in [-0.4, -0.2) is 24.0 Å². The average molecular weight is 512 g/mol. The van der Waals surface area contributed by atoms with Crippen molar-refractivity contribution in [1.82, 2.24) is 10.3 Å². The molecule has 1 aromatic rings. The van der Waals surface area contributed by atoms with Gasteiger partial charge >= 0.3 is 0 Å². The van der Waals surface area contributed by atoms with Crippen LogP contribution in [0.4, 0.5) is 5.82 Å². The van der Waals surface area contributed by atoms with Crippen LogP contribution in [0.2, 0.25) is 0 Å². The highest BCUT2D eigenvalue weighted by Gasteiger charge is 2.15. The number of ether oxygens (including phenoxy) is 1. The van der Waals surface area contributed by atoms with E-state index >= 15 is 0 Å². The van der Waals surface area contributed by atoms with Gasteiger partial charge in [-0.3, -0.25) is 4.79 Å². The van der Waals surface area contributed by atoms with Crippen LogP contribution in [-0.2, 0) is 4.74 Å². The number of hydrogen-bond donors (Lipinski definition) is 1. The molecule has 200 valence electrons. The molecular formula is C33H41N3O2. The Balaban J connectivity index is 2.27. The van der Waals surface area contributed by atoms with Gasteiger partial charge in [0.05, 0.1) is 5.76 Å². The molecule has 0 radical (unpaired) electrons. The van der Waals surface area contributed by atoms with Gasteiger partial charge in [0, 0.05) is 36.1 Å². The zero-order valence-electron chi connectivity index (χ0n) is 23.3. The van der Waals surface area contributed by atoms with Crippen molar-refractivity contribution in [2.75, 3.05) is 18.0 Å². The van der Waals surface area contributed by atoms with Crippen molar-refractivity contribution in [1.29, 1.82) is 0 Å². The van der Waals surface area contributed by atoms with Gasteiger partial charge in [0.1, 0.15) is 11.6 Å². The molecule has 2 rings (SSSR count). The molecule has 38 heavy (non-hydrogen) atoms. The van der Waals surface area contributed by atoms with E-state index in [9.17, 15) is 4.79 Å². The predicted molar refractivity (Wildman–Crippen MR) is 161 cm³/mol. The fourth-order valence-corrected chi connectivity index (χ4v) is 4.01. The molecule has 1 N–H and O–H groups in total. The third-order valence-electron chi connectivity index (χ3n) is 6.08. The van der Waals surface area contributed by atoms with Crippen LogP contribution in [0.1, 0.15) is 57.3 Å². The van der Waals surface area contributed by atoms with Crippen molar-refractivity contribution in [2.24, 2.45) is 0 Å². The standard InChI is InChI=1S/C33H41N3O2/c1-9-14-31(38-24(5)6)28(12-4)22-30(25(7)10-2)21-26(8)35-33(37)29-16-18-34-32(23-29)36-19-13-15-27(11-3)17-20-36/h9-10,12,14-16,18,21-23H,1-2,5,7,11,13,17,19-20H2,3-4,6,8H3,(H,35,37)/b26-21+,28-12+,30-22-,31-14-. The first-order valence-electron chi connectivity index (χ1n) is 13.0. The monoisotopic (exact) mass is 511 g/mol. The predicted octanol–water partition coefficient (Wildman–Crippen LogP) is 7.89. The van der Waals surface area contributed by atoms with E-state index in [1.807, 2.05) is 38.1 Å². The van der Waals surface area contributed by atoms with Gasteiger partial charge in [-0.25, -0.2) is 4.98 Å². The van der Waals surface area contributed by atoms with Crippen molar-refractivity contribution in [3.63, 3.8) is 0 Å². The minimum Gasteiger partial charge on any atom is -0.462 e. The van der Waals surface area contributed by atoms with E-state index in [1.54, 1.807) is 37.4 Å². The molecule has 0 aliphatic carbocycles. The average Bonchev–Trinajstić information content (AvgIpc) is 3.16. The first-order valence-corrected chi connectivity index (χ1v) is 13.0. The number of amides is 1. The maximum Gasteiger partial charge on any atom is 0.255 e. The topological polar surface area (TPSA) is 54.5 Å². The molecule has 5 nitrogen and oxygen atoms in total. The third kappa shape index (κ3) is 9.07. The molecule has 0 spiro atoms. The van der Waals surface area contributed by atoms with Crippen molar-refractivity contribution in [2.45, 2.75) is 47.0 Å². The van der Waals surface area contributed by atoms with E-state index in [2.05, 4.69) is 54.5 Å². The third-order valence-corrected chi connectivity index (χ3v) is 6.08. The van der Waals surface area contributed by atoms with Gasteiger partial charge in [-0.15, -0.1) is 0 Å². The molecule has 0 atom stereocenters. The molecule has 1 amide bonds. The van der Waals surface area contributed by atoms with Crippen LogP contribution in [0.3, 0.4) is 0 Å². The lowest BCUT2D eigenvalue weighted by atomic mass is 10.0. The highest BCUT2D eigenvalue weighted by Crippen LogP contribution is 2.23. The number of aromatic nitrogens is 1. The van der Waals surface area contributed by atoms with Gasteiger partial charge in [-0.2, -0.15) is 0 Å². The molecule has 0 saturated carbocycles. The Hall–Kier alpha value is -4.12. The molecule has 5 heteroatoms.